The molecule has 0 bridgehead atoms. The monoisotopic (exact) mass is 325 g/mol. The fourth-order valence-electron chi connectivity index (χ4n) is 3.38. The Labute approximate surface area is 148 Å². The molecule has 25 heavy (non-hydrogen) atoms. The number of anilines is 1. The molecule has 0 amide bonds. The second-order valence-electron chi connectivity index (χ2n) is 6.51. The molecular weight excluding hydrogens is 306 g/mol. The molecule has 3 aromatic carbocycles. The number of hydrogen-bond donors (Lipinski definition) is 0. The summed E-state index contributed by atoms with van der Waals surface area (Å²) in [6.45, 7) is 0. The minimum absolute atomic E-state index is 0.709. The van der Waals surface area contributed by atoms with Crippen LogP contribution >= 0.6 is 0 Å². The van der Waals surface area contributed by atoms with Gasteiger partial charge in [-0.15, -0.1) is 0 Å². The molecule has 4 rings (SSSR count). The van der Waals surface area contributed by atoms with Crippen LogP contribution in [0.3, 0.4) is 0 Å². The molecule has 0 fully saturated rings. The number of aldehydes is 1. The predicted molar refractivity (Wildman–Crippen MR) is 105 cm³/mol. The van der Waals surface area contributed by atoms with Crippen molar-refractivity contribution in [3.8, 4) is 11.1 Å². The molecule has 0 unspecified atom stereocenters. The van der Waals surface area contributed by atoms with Gasteiger partial charge in [0.05, 0.1) is 0 Å². The molecule has 3 aromatic rings. The summed E-state index contributed by atoms with van der Waals surface area (Å²) < 4.78 is 0. The van der Waals surface area contributed by atoms with E-state index in [0.717, 1.165) is 17.4 Å². The fourth-order valence-corrected chi connectivity index (χ4v) is 3.38. The zero-order valence-corrected chi connectivity index (χ0v) is 14.4. The Bertz CT molecular complexity index is 981. The number of rotatable bonds is 3. The first-order valence-electron chi connectivity index (χ1n) is 8.36. The Kier molecular flexibility index (Phi) is 3.73. The summed E-state index contributed by atoms with van der Waals surface area (Å²) in [4.78, 5) is 13.3. The molecule has 1 aliphatic carbocycles. The van der Waals surface area contributed by atoms with Gasteiger partial charge in [0.2, 0.25) is 0 Å². The van der Waals surface area contributed by atoms with Crippen molar-refractivity contribution in [1.29, 1.82) is 0 Å². The highest BCUT2D eigenvalue weighted by atomic mass is 16.1. The van der Waals surface area contributed by atoms with Crippen molar-refractivity contribution < 1.29 is 4.79 Å². The fraction of sp³-hybridized carbons (Fsp3) is 0.0870. The summed E-state index contributed by atoms with van der Waals surface area (Å²) in [6, 6.07) is 22.8. The summed E-state index contributed by atoms with van der Waals surface area (Å²) in [7, 11) is 4.08. The van der Waals surface area contributed by atoms with Crippen molar-refractivity contribution in [2.45, 2.75) is 0 Å². The van der Waals surface area contributed by atoms with E-state index in [0.29, 0.717) is 5.56 Å². The molecule has 0 atom stereocenters. The molecule has 1 aliphatic rings. The van der Waals surface area contributed by atoms with Crippen LogP contribution in [0.4, 0.5) is 5.69 Å². The molecule has 2 heteroatoms. The molecule has 0 aliphatic heterocycles. The van der Waals surface area contributed by atoms with Gasteiger partial charge < -0.3 is 4.90 Å². The zero-order valence-electron chi connectivity index (χ0n) is 14.4. The van der Waals surface area contributed by atoms with E-state index < -0.39 is 0 Å². The van der Waals surface area contributed by atoms with Gasteiger partial charge in [-0.05, 0) is 57.7 Å². The van der Waals surface area contributed by atoms with E-state index in [1.54, 1.807) is 0 Å². The Morgan fingerprint density at radius 3 is 2.04 bits per heavy atom. The standard InChI is InChI=1S/C23H19NO/c1-24(2)18-10-7-16(8-11-18)13-22-20-6-4-3-5-19(20)21-12-9-17(15-25)14-23(21)22/h3-15H,1-2H3. The summed E-state index contributed by atoms with van der Waals surface area (Å²) >= 11 is 0. The van der Waals surface area contributed by atoms with Crippen LogP contribution in [0.1, 0.15) is 27.0 Å². The molecule has 0 heterocycles. The van der Waals surface area contributed by atoms with E-state index in [-0.39, 0.29) is 0 Å². The number of nitrogens with zero attached hydrogens (tertiary/aromatic N) is 1. The first-order chi connectivity index (χ1) is 12.2. The lowest BCUT2D eigenvalue weighted by Gasteiger charge is -2.12. The predicted octanol–water partition coefficient (Wildman–Crippen LogP) is 5.13. The van der Waals surface area contributed by atoms with E-state index in [4.69, 9.17) is 0 Å². The number of hydrogen-bond acceptors (Lipinski definition) is 2. The summed E-state index contributed by atoms with van der Waals surface area (Å²) in [6.07, 6.45) is 3.12. The number of carbonyl (C=O) groups is 1. The summed E-state index contributed by atoms with van der Waals surface area (Å²) in [5.41, 5.74) is 8.98. The van der Waals surface area contributed by atoms with Crippen molar-refractivity contribution in [2.24, 2.45) is 0 Å². The molecule has 2 nitrogen and oxygen atoms in total. The van der Waals surface area contributed by atoms with Gasteiger partial charge in [0, 0.05) is 25.3 Å². The quantitative estimate of drug-likeness (QED) is 0.486. The topological polar surface area (TPSA) is 20.3 Å². The largest absolute Gasteiger partial charge is 0.378 e. The third kappa shape index (κ3) is 2.66. The van der Waals surface area contributed by atoms with Gasteiger partial charge >= 0.3 is 0 Å². The van der Waals surface area contributed by atoms with Crippen LogP contribution in [0, 0.1) is 0 Å². The van der Waals surface area contributed by atoms with E-state index in [2.05, 4.69) is 59.5 Å². The highest BCUT2D eigenvalue weighted by Gasteiger charge is 2.23. The normalized spacial score (nSPS) is 13.4. The van der Waals surface area contributed by atoms with Crippen LogP contribution in [0.5, 0.6) is 0 Å². The average molecular weight is 325 g/mol. The third-order valence-electron chi connectivity index (χ3n) is 4.70. The first-order valence-corrected chi connectivity index (χ1v) is 8.36. The minimum Gasteiger partial charge on any atom is -0.378 e. The lowest BCUT2D eigenvalue weighted by molar-refractivity contribution is 0.112. The Hall–Kier alpha value is -3.13. The molecule has 0 aromatic heterocycles. The minimum atomic E-state index is 0.709. The van der Waals surface area contributed by atoms with Crippen molar-refractivity contribution in [3.05, 3.63) is 89.0 Å². The molecule has 0 saturated carbocycles. The smallest absolute Gasteiger partial charge is 0.150 e. The molecule has 0 radical (unpaired) electrons. The molecule has 122 valence electrons. The second-order valence-corrected chi connectivity index (χ2v) is 6.51. The number of carbonyl (C=O) groups excluding carboxylic acids is 1. The maximum atomic E-state index is 11.2. The van der Waals surface area contributed by atoms with Gasteiger partial charge in [0.1, 0.15) is 6.29 Å². The Balaban J connectivity index is 1.87. The van der Waals surface area contributed by atoms with E-state index in [1.807, 2.05) is 32.3 Å². The second kappa shape index (κ2) is 6.06. The van der Waals surface area contributed by atoms with Gasteiger partial charge in [-0.2, -0.15) is 0 Å². The van der Waals surface area contributed by atoms with Crippen LogP contribution < -0.4 is 4.90 Å². The van der Waals surface area contributed by atoms with Crippen LogP contribution in [-0.4, -0.2) is 20.4 Å². The SMILES string of the molecule is CN(C)c1ccc(C=C2c3ccccc3-c3ccc(C=O)cc32)cc1. The van der Waals surface area contributed by atoms with Gasteiger partial charge in [0.25, 0.3) is 0 Å². The maximum Gasteiger partial charge on any atom is 0.150 e. The highest BCUT2D eigenvalue weighted by Crippen LogP contribution is 2.45. The average Bonchev–Trinajstić information content (AvgIpc) is 2.95. The zero-order chi connectivity index (χ0) is 17.4. The molecular formula is C23H19NO. The van der Waals surface area contributed by atoms with Crippen LogP contribution in [0.2, 0.25) is 0 Å². The van der Waals surface area contributed by atoms with Gasteiger partial charge in [-0.3, -0.25) is 4.79 Å². The first kappa shape index (κ1) is 15.4. The van der Waals surface area contributed by atoms with Crippen molar-refractivity contribution in [3.63, 3.8) is 0 Å². The molecule has 0 N–H and O–H groups in total. The summed E-state index contributed by atoms with van der Waals surface area (Å²) in [5, 5.41) is 0. The van der Waals surface area contributed by atoms with Crippen molar-refractivity contribution >= 4 is 23.6 Å². The van der Waals surface area contributed by atoms with Crippen LogP contribution in [0.25, 0.3) is 22.8 Å². The van der Waals surface area contributed by atoms with Crippen molar-refractivity contribution in [1.82, 2.24) is 0 Å². The van der Waals surface area contributed by atoms with Crippen LogP contribution in [-0.2, 0) is 0 Å². The molecule has 0 spiro atoms. The Morgan fingerprint density at radius 1 is 0.720 bits per heavy atom. The number of benzene rings is 3. The third-order valence-corrected chi connectivity index (χ3v) is 4.70. The lowest BCUT2D eigenvalue weighted by atomic mass is 9.99. The molecule has 0 saturated heterocycles. The maximum absolute atomic E-state index is 11.2. The van der Waals surface area contributed by atoms with E-state index >= 15 is 0 Å². The number of fused-ring (bicyclic) bond motifs is 3. The van der Waals surface area contributed by atoms with Gasteiger partial charge in [0.15, 0.2) is 0 Å². The summed E-state index contributed by atoms with van der Waals surface area (Å²) in [5.74, 6) is 0. The highest BCUT2D eigenvalue weighted by molar-refractivity contribution is 6.07. The Morgan fingerprint density at radius 2 is 1.36 bits per heavy atom. The van der Waals surface area contributed by atoms with Gasteiger partial charge in [-0.1, -0.05) is 48.5 Å². The van der Waals surface area contributed by atoms with E-state index in [9.17, 15) is 4.79 Å². The van der Waals surface area contributed by atoms with Gasteiger partial charge in [-0.25, -0.2) is 0 Å². The van der Waals surface area contributed by atoms with Crippen molar-refractivity contribution in [2.75, 3.05) is 19.0 Å². The lowest BCUT2D eigenvalue weighted by Crippen LogP contribution is -2.07. The van der Waals surface area contributed by atoms with Crippen LogP contribution in [0.15, 0.2) is 66.7 Å². The van der Waals surface area contributed by atoms with E-state index in [1.165, 1.54) is 28.0 Å².